The summed E-state index contributed by atoms with van der Waals surface area (Å²) in [5.41, 5.74) is 0.706. The minimum absolute atomic E-state index is 0.0956. The molecule has 0 bridgehead atoms. The molecule has 4 heteroatoms. The zero-order valence-corrected chi connectivity index (χ0v) is 7.86. The van der Waals surface area contributed by atoms with Crippen molar-refractivity contribution in [1.29, 1.82) is 0 Å². The molecule has 1 aromatic carbocycles. The molecule has 1 aromatic rings. The Labute approximate surface area is 78.5 Å². The highest BCUT2D eigenvalue weighted by Crippen LogP contribution is 2.16. The molecule has 3 nitrogen and oxygen atoms in total. The molecule has 1 atom stereocenters. The lowest BCUT2D eigenvalue weighted by Gasteiger charge is -2.05. The van der Waals surface area contributed by atoms with Crippen molar-refractivity contribution in [3.8, 4) is 0 Å². The van der Waals surface area contributed by atoms with Crippen molar-refractivity contribution in [3.63, 3.8) is 0 Å². The molecule has 0 amide bonds. The summed E-state index contributed by atoms with van der Waals surface area (Å²) in [6, 6.07) is 7.12. The maximum Gasteiger partial charge on any atom is 0.111 e. The predicted octanol–water partition coefficient (Wildman–Crippen LogP) is 2.25. The van der Waals surface area contributed by atoms with Crippen molar-refractivity contribution in [3.05, 3.63) is 39.2 Å². The van der Waals surface area contributed by atoms with Gasteiger partial charge in [0.15, 0.2) is 0 Å². The van der Waals surface area contributed by atoms with Gasteiger partial charge in [-0.2, -0.15) is 4.91 Å². The van der Waals surface area contributed by atoms with Crippen LogP contribution in [0.4, 0.5) is 0 Å². The Kier molecular flexibility index (Phi) is 3.37. The minimum Gasteiger partial charge on any atom is -0.386 e. The van der Waals surface area contributed by atoms with Gasteiger partial charge in [-0.3, -0.25) is 0 Å². The number of aliphatic hydroxyl groups is 1. The molecule has 0 spiro atoms. The smallest absolute Gasteiger partial charge is 0.111 e. The van der Waals surface area contributed by atoms with Gasteiger partial charge < -0.3 is 5.11 Å². The van der Waals surface area contributed by atoms with E-state index in [9.17, 15) is 10.0 Å². The van der Waals surface area contributed by atoms with Gasteiger partial charge >= 0.3 is 0 Å². The molecule has 0 saturated heterocycles. The standard InChI is InChI=1S/C8H8BrNO2/c9-7-3-1-6(2-4-7)8(11)5-10-12/h1-4,8,11H,5H2. The molecule has 64 valence electrons. The highest BCUT2D eigenvalue weighted by Gasteiger charge is 2.05. The summed E-state index contributed by atoms with van der Waals surface area (Å²) < 4.78 is 0.942. The summed E-state index contributed by atoms with van der Waals surface area (Å²) in [5.74, 6) is 0. The first kappa shape index (κ1) is 9.35. The summed E-state index contributed by atoms with van der Waals surface area (Å²) in [7, 11) is 0. The number of rotatable bonds is 3. The van der Waals surface area contributed by atoms with Gasteiger partial charge in [-0.1, -0.05) is 33.2 Å². The van der Waals surface area contributed by atoms with Crippen molar-refractivity contribution >= 4 is 15.9 Å². The fourth-order valence-electron chi connectivity index (χ4n) is 0.861. The third kappa shape index (κ3) is 2.39. The molecule has 0 heterocycles. The Morgan fingerprint density at radius 2 is 2.00 bits per heavy atom. The van der Waals surface area contributed by atoms with Gasteiger partial charge in [0.25, 0.3) is 0 Å². The fourth-order valence-corrected chi connectivity index (χ4v) is 1.13. The van der Waals surface area contributed by atoms with E-state index in [4.69, 9.17) is 0 Å². The van der Waals surface area contributed by atoms with Crippen LogP contribution >= 0.6 is 15.9 Å². The van der Waals surface area contributed by atoms with Crippen molar-refractivity contribution in [2.24, 2.45) is 5.18 Å². The number of nitrogens with zero attached hydrogens (tertiary/aromatic N) is 1. The van der Waals surface area contributed by atoms with E-state index in [0.29, 0.717) is 5.56 Å². The van der Waals surface area contributed by atoms with E-state index >= 15 is 0 Å². The van der Waals surface area contributed by atoms with Crippen molar-refractivity contribution in [2.75, 3.05) is 6.54 Å². The summed E-state index contributed by atoms with van der Waals surface area (Å²) in [5, 5.41) is 11.9. The monoisotopic (exact) mass is 229 g/mol. The average molecular weight is 230 g/mol. The van der Waals surface area contributed by atoms with Crippen LogP contribution in [0.3, 0.4) is 0 Å². The zero-order chi connectivity index (χ0) is 8.97. The van der Waals surface area contributed by atoms with E-state index < -0.39 is 6.10 Å². The van der Waals surface area contributed by atoms with Crippen LogP contribution in [0.5, 0.6) is 0 Å². The molecule has 0 saturated carbocycles. The van der Waals surface area contributed by atoms with Gasteiger partial charge in [-0.25, -0.2) is 0 Å². The van der Waals surface area contributed by atoms with Crippen LogP contribution < -0.4 is 0 Å². The van der Waals surface area contributed by atoms with Crippen LogP contribution in [0, 0.1) is 4.91 Å². The summed E-state index contributed by atoms with van der Waals surface area (Å²) in [4.78, 5) is 9.84. The quantitative estimate of drug-likeness (QED) is 0.809. The first-order valence-electron chi connectivity index (χ1n) is 3.46. The molecular weight excluding hydrogens is 222 g/mol. The third-order valence-electron chi connectivity index (χ3n) is 1.50. The second-order valence-electron chi connectivity index (χ2n) is 2.38. The van der Waals surface area contributed by atoms with E-state index in [1.54, 1.807) is 12.1 Å². The molecule has 0 radical (unpaired) electrons. The molecule has 1 N–H and O–H groups in total. The van der Waals surface area contributed by atoms with Crippen LogP contribution in [0.15, 0.2) is 33.9 Å². The van der Waals surface area contributed by atoms with Crippen molar-refractivity contribution < 1.29 is 5.11 Å². The molecule has 0 aromatic heterocycles. The van der Waals surface area contributed by atoms with E-state index in [2.05, 4.69) is 21.1 Å². The Morgan fingerprint density at radius 1 is 1.42 bits per heavy atom. The van der Waals surface area contributed by atoms with Gasteiger partial charge in [-0.05, 0) is 17.7 Å². The second-order valence-corrected chi connectivity index (χ2v) is 3.29. The zero-order valence-electron chi connectivity index (χ0n) is 6.27. The van der Waals surface area contributed by atoms with Crippen LogP contribution in [0.25, 0.3) is 0 Å². The number of hydrogen-bond donors (Lipinski definition) is 1. The molecular formula is C8H8BrNO2. The predicted molar refractivity (Wildman–Crippen MR) is 49.8 cm³/mol. The summed E-state index contributed by atoms with van der Waals surface area (Å²) >= 11 is 3.27. The maximum absolute atomic E-state index is 9.84. The van der Waals surface area contributed by atoms with Crippen molar-refractivity contribution in [1.82, 2.24) is 0 Å². The topological polar surface area (TPSA) is 49.7 Å². The lowest BCUT2D eigenvalue weighted by molar-refractivity contribution is 0.187. The molecule has 1 unspecified atom stereocenters. The summed E-state index contributed by atoms with van der Waals surface area (Å²) in [6.07, 6.45) is -0.782. The first-order valence-corrected chi connectivity index (χ1v) is 4.26. The average Bonchev–Trinajstić information content (AvgIpc) is 2.06. The number of hydrogen-bond acceptors (Lipinski definition) is 3. The lowest BCUT2D eigenvalue weighted by atomic mass is 10.1. The van der Waals surface area contributed by atoms with E-state index in [1.165, 1.54) is 0 Å². The number of benzene rings is 1. The second kappa shape index (κ2) is 4.33. The lowest BCUT2D eigenvalue weighted by Crippen LogP contribution is -1.99. The molecule has 12 heavy (non-hydrogen) atoms. The highest BCUT2D eigenvalue weighted by molar-refractivity contribution is 9.10. The van der Waals surface area contributed by atoms with Gasteiger partial charge in [0.2, 0.25) is 0 Å². The molecule has 1 rings (SSSR count). The van der Waals surface area contributed by atoms with Crippen LogP contribution in [0.2, 0.25) is 0 Å². The summed E-state index contributed by atoms with van der Waals surface area (Å²) in [6.45, 7) is -0.0956. The first-order chi connectivity index (χ1) is 5.74. The van der Waals surface area contributed by atoms with Gasteiger partial charge in [0, 0.05) is 4.47 Å². The SMILES string of the molecule is O=NCC(O)c1ccc(Br)cc1. The van der Waals surface area contributed by atoms with Gasteiger partial charge in [0.05, 0.1) is 0 Å². The Morgan fingerprint density at radius 3 is 2.50 bits per heavy atom. The number of aliphatic hydroxyl groups excluding tert-OH is 1. The van der Waals surface area contributed by atoms with Gasteiger partial charge in [0.1, 0.15) is 12.6 Å². The molecule has 0 aliphatic carbocycles. The number of nitroso groups, excluding NO2 is 1. The minimum atomic E-state index is -0.782. The normalized spacial score (nSPS) is 12.5. The third-order valence-corrected chi connectivity index (χ3v) is 2.03. The van der Waals surface area contributed by atoms with E-state index in [0.717, 1.165) is 4.47 Å². The Balaban J connectivity index is 2.74. The molecule has 0 aliphatic heterocycles. The fraction of sp³-hybridized carbons (Fsp3) is 0.250. The van der Waals surface area contributed by atoms with Crippen LogP contribution in [-0.2, 0) is 0 Å². The van der Waals surface area contributed by atoms with Crippen LogP contribution in [0.1, 0.15) is 11.7 Å². The maximum atomic E-state index is 9.84. The molecule has 0 fully saturated rings. The van der Waals surface area contributed by atoms with Crippen LogP contribution in [-0.4, -0.2) is 11.7 Å². The highest BCUT2D eigenvalue weighted by atomic mass is 79.9. The number of halogens is 1. The largest absolute Gasteiger partial charge is 0.386 e. The van der Waals surface area contributed by atoms with Gasteiger partial charge in [-0.15, -0.1) is 0 Å². The van der Waals surface area contributed by atoms with E-state index in [-0.39, 0.29) is 6.54 Å². The molecule has 0 aliphatic rings. The Hall–Kier alpha value is -0.740. The van der Waals surface area contributed by atoms with Crippen molar-refractivity contribution in [2.45, 2.75) is 6.10 Å². The van der Waals surface area contributed by atoms with E-state index in [1.807, 2.05) is 12.1 Å². The Bertz CT molecular complexity index is 260.